The third-order valence-electron chi connectivity index (χ3n) is 6.26. The van der Waals surface area contributed by atoms with Gasteiger partial charge < -0.3 is 20.3 Å². The molecule has 1 fully saturated rings. The van der Waals surface area contributed by atoms with Crippen molar-refractivity contribution in [3.05, 3.63) is 47.5 Å². The maximum atomic E-state index is 14.6. The predicted octanol–water partition coefficient (Wildman–Crippen LogP) is 2.65. The van der Waals surface area contributed by atoms with Crippen LogP contribution in [0.4, 0.5) is 10.2 Å². The number of carbonyl (C=O) groups excluding carboxylic acids is 2. The van der Waals surface area contributed by atoms with Gasteiger partial charge >= 0.3 is 0 Å². The smallest absolute Gasteiger partial charge is 0.270 e. The van der Waals surface area contributed by atoms with Crippen LogP contribution in [0.15, 0.2) is 35.4 Å². The summed E-state index contributed by atoms with van der Waals surface area (Å²) in [5, 5.41) is 5.77. The van der Waals surface area contributed by atoms with Crippen LogP contribution < -0.4 is 15.4 Å². The second kappa shape index (κ2) is 10.1. The number of nitrogens with zero attached hydrogens (tertiary/aromatic N) is 4. The summed E-state index contributed by atoms with van der Waals surface area (Å²) >= 11 is 1.41. The van der Waals surface area contributed by atoms with Crippen LogP contribution in [-0.4, -0.2) is 70.2 Å². The highest BCUT2D eigenvalue weighted by molar-refractivity contribution is 8.00. The molecule has 0 saturated carbocycles. The highest BCUT2D eigenvalue weighted by Crippen LogP contribution is 2.29. The lowest BCUT2D eigenvalue weighted by Gasteiger charge is -2.32. The van der Waals surface area contributed by atoms with Crippen molar-refractivity contribution < 1.29 is 18.7 Å². The van der Waals surface area contributed by atoms with Gasteiger partial charge in [-0.1, -0.05) is 0 Å². The maximum absolute atomic E-state index is 14.6. The molecule has 0 aromatic carbocycles. The number of methoxy groups -OCH3 is 1. The second-order valence-corrected chi connectivity index (χ2v) is 9.54. The summed E-state index contributed by atoms with van der Waals surface area (Å²) in [4.78, 5) is 40.3. The van der Waals surface area contributed by atoms with E-state index in [1.165, 1.54) is 25.1 Å². The third kappa shape index (κ3) is 5.20. The molecule has 2 aliphatic rings. The molecule has 0 aliphatic carbocycles. The molecule has 3 aromatic heterocycles. The van der Waals surface area contributed by atoms with Crippen molar-refractivity contribution in [1.29, 1.82) is 0 Å². The molecule has 3 aromatic rings. The van der Waals surface area contributed by atoms with Crippen molar-refractivity contribution in [2.24, 2.45) is 0 Å². The van der Waals surface area contributed by atoms with E-state index in [4.69, 9.17) is 4.74 Å². The van der Waals surface area contributed by atoms with E-state index in [1.54, 1.807) is 18.2 Å². The number of hydrogen-bond acceptors (Lipinski definition) is 8. The number of nitrogens with one attached hydrogen (secondary N) is 2. The number of hydrogen-bond donors (Lipinski definition) is 2. The normalized spacial score (nSPS) is 16.6. The van der Waals surface area contributed by atoms with Gasteiger partial charge in [-0.2, -0.15) is 0 Å². The van der Waals surface area contributed by atoms with E-state index in [9.17, 15) is 14.0 Å². The Labute approximate surface area is 205 Å². The largest absolute Gasteiger partial charge is 0.481 e. The monoisotopic (exact) mass is 496 g/mol. The molecule has 0 atom stereocenters. The zero-order chi connectivity index (χ0) is 24.4. The van der Waals surface area contributed by atoms with Crippen molar-refractivity contribution in [1.82, 2.24) is 25.2 Å². The van der Waals surface area contributed by atoms with Gasteiger partial charge in [0.05, 0.1) is 35.0 Å². The summed E-state index contributed by atoms with van der Waals surface area (Å²) in [7, 11) is 1.53. The molecule has 5 rings (SSSR count). The van der Waals surface area contributed by atoms with Crippen molar-refractivity contribution in [3.8, 4) is 5.88 Å². The first-order valence-corrected chi connectivity index (χ1v) is 12.4. The number of ether oxygens (including phenoxy) is 1. The van der Waals surface area contributed by atoms with Crippen LogP contribution >= 0.6 is 11.8 Å². The Morgan fingerprint density at radius 2 is 2.09 bits per heavy atom. The lowest BCUT2D eigenvalue weighted by atomic mass is 10.0. The zero-order valence-corrected chi connectivity index (χ0v) is 20.0. The second-order valence-electron chi connectivity index (χ2n) is 8.53. The fourth-order valence-electron chi connectivity index (χ4n) is 4.35. The van der Waals surface area contributed by atoms with Crippen LogP contribution in [0.2, 0.25) is 0 Å². The average molecular weight is 497 g/mol. The van der Waals surface area contributed by atoms with Gasteiger partial charge in [0.2, 0.25) is 11.8 Å². The number of pyridine rings is 3. The number of amides is 2. The topological polar surface area (TPSA) is 109 Å². The summed E-state index contributed by atoms with van der Waals surface area (Å²) in [6.07, 6.45) is 3.32. The minimum atomic E-state index is -0.368. The van der Waals surface area contributed by atoms with E-state index >= 15 is 0 Å². The molecule has 0 radical (unpaired) electrons. The first kappa shape index (κ1) is 23.4. The molecule has 35 heavy (non-hydrogen) atoms. The minimum absolute atomic E-state index is 0.0324. The SMILES string of the molecule is COc1ccc2ncc(F)c(CCN3CCC(NC(=O)c4ccc5c(n4)NC(=O)CS5)CC3)c2n1. The van der Waals surface area contributed by atoms with Crippen molar-refractivity contribution in [2.45, 2.75) is 30.2 Å². The van der Waals surface area contributed by atoms with Gasteiger partial charge in [-0.25, -0.2) is 14.4 Å². The minimum Gasteiger partial charge on any atom is -0.481 e. The van der Waals surface area contributed by atoms with Crippen molar-refractivity contribution >= 4 is 40.4 Å². The Kier molecular flexibility index (Phi) is 6.78. The molecule has 182 valence electrons. The van der Waals surface area contributed by atoms with Crippen molar-refractivity contribution in [3.63, 3.8) is 0 Å². The van der Waals surface area contributed by atoms with Gasteiger partial charge in [-0.05, 0) is 37.5 Å². The summed E-state index contributed by atoms with van der Waals surface area (Å²) in [6.45, 7) is 2.26. The fraction of sp³-hybridized carbons (Fsp3) is 0.375. The molecule has 0 unspecified atom stereocenters. The van der Waals surface area contributed by atoms with Crippen LogP contribution in [0.3, 0.4) is 0 Å². The molecule has 11 heteroatoms. The quantitative estimate of drug-likeness (QED) is 0.536. The molecular weight excluding hydrogens is 471 g/mol. The highest BCUT2D eigenvalue weighted by Gasteiger charge is 2.24. The molecule has 2 amide bonds. The van der Waals surface area contributed by atoms with Gasteiger partial charge in [-0.15, -0.1) is 11.8 Å². The number of aromatic nitrogens is 3. The van der Waals surface area contributed by atoms with Crippen LogP contribution in [-0.2, 0) is 11.2 Å². The highest BCUT2D eigenvalue weighted by atomic mass is 32.2. The standard InChI is InChI=1S/C24H25FN6O3S/c1-34-21-5-3-17-22(30-21)15(16(25)12-26-17)8-11-31-9-6-14(7-10-31)27-24(33)18-2-4-19-23(28-18)29-20(32)13-35-19/h2-5,12,14H,6-11,13H2,1H3,(H,27,33)(H,28,29,32). The van der Waals surface area contributed by atoms with Gasteiger partial charge in [0.25, 0.3) is 5.91 Å². The molecule has 2 aliphatic heterocycles. The maximum Gasteiger partial charge on any atom is 0.270 e. The number of piperidine rings is 1. The number of rotatable bonds is 6. The predicted molar refractivity (Wildman–Crippen MR) is 130 cm³/mol. The third-order valence-corrected chi connectivity index (χ3v) is 7.30. The van der Waals surface area contributed by atoms with E-state index in [0.29, 0.717) is 47.0 Å². The molecule has 5 heterocycles. The van der Waals surface area contributed by atoms with Crippen LogP contribution in [0.5, 0.6) is 5.88 Å². The molecule has 1 saturated heterocycles. The van der Waals surface area contributed by atoms with Gasteiger partial charge in [0.1, 0.15) is 17.3 Å². The lowest BCUT2D eigenvalue weighted by molar-refractivity contribution is -0.113. The lowest BCUT2D eigenvalue weighted by Crippen LogP contribution is -2.45. The van der Waals surface area contributed by atoms with Gasteiger partial charge in [0, 0.05) is 37.3 Å². The summed E-state index contributed by atoms with van der Waals surface area (Å²) in [5.41, 5.74) is 1.99. The zero-order valence-electron chi connectivity index (χ0n) is 19.2. The molecular formula is C24H25FN6O3S. The van der Waals surface area contributed by atoms with Crippen LogP contribution in [0.1, 0.15) is 28.9 Å². The number of thioether (sulfide) groups is 1. The summed E-state index contributed by atoms with van der Waals surface area (Å²) in [5.74, 6) is 0.491. The Bertz CT molecular complexity index is 1280. The first-order valence-electron chi connectivity index (χ1n) is 11.4. The van der Waals surface area contributed by atoms with Crippen LogP contribution in [0.25, 0.3) is 11.0 Å². The number of fused-ring (bicyclic) bond motifs is 2. The number of halogens is 1. The van der Waals surface area contributed by atoms with Crippen LogP contribution in [0, 0.1) is 5.82 Å². The number of anilines is 1. The summed E-state index contributed by atoms with van der Waals surface area (Å²) < 4.78 is 19.8. The van der Waals surface area contributed by atoms with Gasteiger partial charge in [0.15, 0.2) is 0 Å². The Balaban J connectivity index is 1.16. The Morgan fingerprint density at radius 3 is 2.89 bits per heavy atom. The number of likely N-dealkylation sites (tertiary alicyclic amines) is 1. The molecule has 2 N–H and O–H groups in total. The number of carbonyl (C=O) groups is 2. The van der Waals surface area contributed by atoms with E-state index in [2.05, 4.69) is 30.5 Å². The fourth-order valence-corrected chi connectivity index (χ4v) is 5.11. The Morgan fingerprint density at radius 1 is 1.26 bits per heavy atom. The average Bonchev–Trinajstić information content (AvgIpc) is 2.88. The summed E-state index contributed by atoms with van der Waals surface area (Å²) in [6, 6.07) is 7.03. The first-order chi connectivity index (χ1) is 17.0. The van der Waals surface area contributed by atoms with Crippen molar-refractivity contribution in [2.75, 3.05) is 37.8 Å². The molecule has 0 spiro atoms. The van der Waals surface area contributed by atoms with Gasteiger partial charge in [-0.3, -0.25) is 14.6 Å². The molecule has 9 nitrogen and oxygen atoms in total. The van der Waals surface area contributed by atoms with E-state index in [0.717, 1.165) is 30.8 Å². The molecule has 0 bridgehead atoms. The van der Waals surface area contributed by atoms with E-state index < -0.39 is 0 Å². The van der Waals surface area contributed by atoms with E-state index in [1.807, 2.05) is 6.07 Å². The Hall–Kier alpha value is -3.31. The van der Waals surface area contributed by atoms with E-state index in [-0.39, 0.29) is 29.4 Å².